The van der Waals surface area contributed by atoms with Crippen LogP contribution in [0.1, 0.15) is 144 Å². The molecular formula is C86H124N24O13. The molecular weight excluding hydrogens is 1580 g/mol. The van der Waals surface area contributed by atoms with Crippen LogP contribution in [0.5, 0.6) is 0 Å². The largest absolute Gasteiger partial charge is 0.370 e. The first kappa shape index (κ1) is 96.3. The van der Waals surface area contributed by atoms with Gasteiger partial charge in [-0.1, -0.05) is 79.2 Å². The fourth-order valence-electron chi connectivity index (χ4n) is 14.8. The number of carbonyl (C=O) groups excluding carboxylic acids is 13. The number of H-pyrrole nitrogens is 4. The van der Waals surface area contributed by atoms with Gasteiger partial charge in [-0.05, 0) is 195 Å². The summed E-state index contributed by atoms with van der Waals surface area (Å²) < 4.78 is 0. The number of fused-ring (bicyclic) bond motifs is 4. The summed E-state index contributed by atoms with van der Waals surface area (Å²) in [5.41, 5.74) is 58.4. The predicted molar refractivity (Wildman–Crippen MR) is 469 cm³/mol. The van der Waals surface area contributed by atoms with Crippen molar-refractivity contribution in [3.8, 4) is 0 Å². The van der Waals surface area contributed by atoms with Crippen LogP contribution in [0.25, 0.3) is 43.6 Å². The smallest absolute Gasteiger partial charge is 0.243 e. The Kier molecular flexibility index (Phi) is 39.4. The number of unbranched alkanes of at least 4 members (excludes halogenated alkanes) is 6. The molecule has 37 nitrogen and oxygen atoms in total. The van der Waals surface area contributed by atoms with E-state index in [0.717, 1.165) is 21.8 Å². The van der Waals surface area contributed by atoms with Crippen LogP contribution in [0.3, 0.4) is 0 Å². The highest BCUT2D eigenvalue weighted by molar-refractivity contribution is 6.01. The molecule has 8 rings (SSSR count). The van der Waals surface area contributed by atoms with Crippen LogP contribution in [0.15, 0.2) is 122 Å². The van der Waals surface area contributed by atoms with Gasteiger partial charge in [0, 0.05) is 94.1 Å². The van der Waals surface area contributed by atoms with Crippen LogP contribution >= 0.6 is 0 Å². The van der Waals surface area contributed by atoms with E-state index in [1.807, 2.05) is 72.8 Å². The molecule has 0 saturated carbocycles. The quantitative estimate of drug-likeness (QED) is 0.0210. The number of nitrogens with one attached hydrogen (secondary N) is 15. The third-order valence-electron chi connectivity index (χ3n) is 21.6. The summed E-state index contributed by atoms with van der Waals surface area (Å²) in [5.74, 6) is -11.1. The monoisotopic (exact) mass is 1700 g/mol. The Labute approximate surface area is 713 Å². The number of aromatic amines is 4. The molecule has 4 aromatic carbocycles. The average Bonchev–Trinajstić information content (AvgIpc) is 1.68. The molecule has 4 heterocycles. The van der Waals surface area contributed by atoms with Gasteiger partial charge in [-0.15, -0.1) is 0 Å². The number of hydrogen-bond donors (Lipinski definition) is 24. The maximum absolute atomic E-state index is 15.2. The number of hydrogen-bond acceptors (Lipinski definition) is 20. The van der Waals surface area contributed by atoms with E-state index in [9.17, 15) is 47.9 Å². The summed E-state index contributed by atoms with van der Waals surface area (Å²) in [7, 11) is 0. The highest BCUT2D eigenvalue weighted by atomic mass is 16.2. The van der Waals surface area contributed by atoms with Crippen molar-refractivity contribution >= 4 is 120 Å². The lowest BCUT2D eigenvalue weighted by atomic mass is 10.0. The van der Waals surface area contributed by atoms with Gasteiger partial charge in [0.1, 0.15) is 60.4 Å². The van der Waals surface area contributed by atoms with Gasteiger partial charge < -0.3 is 130 Å². The maximum Gasteiger partial charge on any atom is 0.243 e. The van der Waals surface area contributed by atoms with Crippen molar-refractivity contribution in [1.29, 1.82) is 0 Å². The third-order valence-corrected chi connectivity index (χ3v) is 21.6. The fraction of sp³-hybridized carbons (Fsp3) is 0.477. The zero-order valence-electron chi connectivity index (χ0n) is 69.6. The van der Waals surface area contributed by atoms with Crippen molar-refractivity contribution in [3.05, 3.63) is 144 Å². The first-order valence-corrected chi connectivity index (χ1v) is 42.4. The molecule has 0 fully saturated rings. The van der Waals surface area contributed by atoms with Gasteiger partial charge >= 0.3 is 0 Å². The van der Waals surface area contributed by atoms with Gasteiger partial charge in [-0.2, -0.15) is 0 Å². The maximum atomic E-state index is 15.2. The van der Waals surface area contributed by atoms with E-state index in [1.54, 1.807) is 49.1 Å². The summed E-state index contributed by atoms with van der Waals surface area (Å²) in [6, 6.07) is 14.2. The van der Waals surface area contributed by atoms with Crippen molar-refractivity contribution < 1.29 is 62.3 Å². The average molecular weight is 1700 g/mol. The molecule has 0 aliphatic heterocycles. The van der Waals surface area contributed by atoms with Crippen LogP contribution in [-0.4, -0.2) is 209 Å². The van der Waals surface area contributed by atoms with E-state index in [4.69, 9.17) is 51.6 Å². The van der Waals surface area contributed by atoms with Crippen LogP contribution in [-0.2, 0) is 88.0 Å². The number of carbonyl (C=O) groups is 13. The lowest BCUT2D eigenvalue weighted by Gasteiger charge is -2.28. The molecule has 0 saturated heterocycles. The molecule has 0 aliphatic rings. The summed E-state index contributed by atoms with van der Waals surface area (Å²) in [6.07, 6.45) is 10.9. The minimum absolute atomic E-state index is 0.0124. The van der Waals surface area contributed by atoms with Crippen molar-refractivity contribution in [1.82, 2.24) is 78.4 Å². The first-order valence-electron chi connectivity index (χ1n) is 42.4. The third kappa shape index (κ3) is 29.9. The normalized spacial score (nSPS) is 14.1. The van der Waals surface area contributed by atoms with Gasteiger partial charge in [-0.25, -0.2) is 0 Å². The number of nitrogens with two attached hydrogens (primary N) is 9. The van der Waals surface area contributed by atoms with E-state index in [0.29, 0.717) is 121 Å². The number of aromatic nitrogens is 4. The van der Waals surface area contributed by atoms with Crippen LogP contribution in [0.2, 0.25) is 0 Å². The molecule has 37 heteroatoms. The summed E-state index contributed by atoms with van der Waals surface area (Å²) in [4.78, 5) is 200. The Balaban J connectivity index is 0.999. The van der Waals surface area contributed by atoms with Crippen molar-refractivity contribution in [3.63, 3.8) is 0 Å². The highest BCUT2D eigenvalue weighted by Crippen LogP contribution is 2.25. The highest BCUT2D eigenvalue weighted by Gasteiger charge is 2.38. The lowest BCUT2D eigenvalue weighted by molar-refractivity contribution is -0.136. The van der Waals surface area contributed by atoms with Crippen molar-refractivity contribution in [2.24, 2.45) is 51.6 Å². The Morgan fingerprint density at radius 3 is 0.813 bits per heavy atom. The van der Waals surface area contributed by atoms with E-state index >= 15 is 14.4 Å². The number of para-hydroxylation sites is 4. The first-order chi connectivity index (χ1) is 59.4. The molecule has 11 atom stereocenters. The summed E-state index contributed by atoms with van der Waals surface area (Å²) in [5, 5.41) is 33.0. The number of amides is 13. The Morgan fingerprint density at radius 1 is 0.276 bits per heavy atom. The molecule has 13 amide bonds. The van der Waals surface area contributed by atoms with Crippen molar-refractivity contribution in [2.45, 2.75) is 214 Å². The molecule has 8 aromatic rings. The molecule has 0 bridgehead atoms. The lowest BCUT2D eigenvalue weighted by Crippen LogP contribution is -2.60. The Hall–Kier alpha value is -12.1. The summed E-state index contributed by atoms with van der Waals surface area (Å²) >= 11 is 0. The summed E-state index contributed by atoms with van der Waals surface area (Å²) in [6.45, 7) is 0.716. The number of primary amides is 2. The van der Waals surface area contributed by atoms with Gasteiger partial charge in [-0.3, -0.25) is 62.3 Å². The van der Waals surface area contributed by atoms with Crippen LogP contribution < -0.4 is 110 Å². The van der Waals surface area contributed by atoms with Gasteiger partial charge in [0.2, 0.25) is 76.8 Å². The van der Waals surface area contributed by atoms with E-state index in [2.05, 4.69) is 78.4 Å². The standard InChI is InChI=1S/C86H124N24O13/c87-35-15-9-25-59(93)77(114)106-69(41-51-46-96-60-26-5-1-21-55(51)60)84(121)103-66(32-12-18-38-90)81(118)109-72(44-54-49-99-63-29-8-4-24-58(54)63)86(123)105-68(34-14-20-40-92)82(119)110-73(45-74(94)111)78(115)100-50-75(112)101-65(31-11-17-37-89)79(116)107-71(43-53-48-98-62-28-7-3-23-57(53)62)85(122)104-67(33-13-19-39-91)80(117)108-70(42-52-47-97-61-27-6-2-22-56(52)61)83(120)102-64(76(95)113)30-10-16-36-88/h1-8,21-24,26-29,46-49,59,64-73,96-99H,9-20,25,30-45,50,87-93H2,(H2,94,111)(H2,95,113)(H,100,115)(H,101,112)(H,102,120)(H,103,121)(H,104,122)(H,105,123)(H,106,114)(H,107,116)(H,108,117)(H,109,118)(H,110,119)/t59-,64-,65-,66-,67-,68-,69-,70-,71-,72-,73+/m1/s1. The molecule has 0 spiro atoms. The second-order valence-corrected chi connectivity index (χ2v) is 31.0. The molecule has 0 radical (unpaired) electrons. The van der Waals surface area contributed by atoms with Crippen LogP contribution in [0.4, 0.5) is 0 Å². The van der Waals surface area contributed by atoms with Crippen LogP contribution in [0, 0.1) is 0 Å². The zero-order chi connectivity index (χ0) is 88.7. The second-order valence-electron chi connectivity index (χ2n) is 31.0. The molecule has 33 N–H and O–H groups in total. The minimum atomic E-state index is -1.78. The fourth-order valence-corrected chi connectivity index (χ4v) is 14.8. The van der Waals surface area contributed by atoms with Gasteiger partial charge in [0.05, 0.1) is 19.0 Å². The number of benzene rings is 4. The predicted octanol–water partition coefficient (Wildman–Crippen LogP) is -0.691. The van der Waals surface area contributed by atoms with E-state index in [-0.39, 0.29) is 103 Å². The minimum Gasteiger partial charge on any atom is -0.370 e. The molecule has 4 aromatic heterocycles. The van der Waals surface area contributed by atoms with Crippen molar-refractivity contribution in [2.75, 3.05) is 45.8 Å². The van der Waals surface area contributed by atoms with Gasteiger partial charge in [0.25, 0.3) is 0 Å². The van der Waals surface area contributed by atoms with E-state index < -0.39 is 156 Å². The Morgan fingerprint density at radius 2 is 0.520 bits per heavy atom. The second kappa shape index (κ2) is 50.3. The van der Waals surface area contributed by atoms with E-state index in [1.165, 1.54) is 0 Å². The molecule has 0 aliphatic carbocycles. The molecule has 666 valence electrons. The number of rotatable bonds is 57. The Bertz CT molecular complexity index is 4830. The topological polar surface area (TPSA) is 652 Å². The zero-order valence-corrected chi connectivity index (χ0v) is 69.6. The van der Waals surface area contributed by atoms with Gasteiger partial charge in [0.15, 0.2) is 0 Å². The molecule has 0 unspecified atom stereocenters. The molecule has 123 heavy (non-hydrogen) atoms. The SMILES string of the molecule is NCCCC[C@@H](N)C(=O)N[C@H](Cc1c[nH]c2ccccc12)C(=O)N[C@H](CCCCN)C(=O)N[C@H](Cc1c[nH]c2ccccc12)C(=O)N[C@H](CCCCN)C(=O)N[C@@H](CC(N)=O)C(=O)NCC(=O)N[C@H](CCCCN)C(=O)N[C@H](Cc1c[nH]c2ccccc12)C(=O)N[C@H](CCCCN)C(=O)N[C@H](Cc1c[nH]c2ccccc12)C(=O)N[C@H](CCCCN)C(N)=O.